The van der Waals surface area contributed by atoms with E-state index in [1.807, 2.05) is 37.3 Å². The van der Waals surface area contributed by atoms with Gasteiger partial charge in [-0.05, 0) is 19.4 Å². The topological polar surface area (TPSA) is 47.4 Å². The van der Waals surface area contributed by atoms with Crippen LogP contribution in [0.1, 0.15) is 18.3 Å². The lowest BCUT2D eigenvalue weighted by Gasteiger charge is -2.02. The summed E-state index contributed by atoms with van der Waals surface area (Å²) >= 11 is 5.80. The third kappa shape index (κ3) is 3.28. The molecule has 1 aromatic carbocycles. The summed E-state index contributed by atoms with van der Waals surface area (Å²) in [5, 5.41) is 4.35. The highest BCUT2D eigenvalue weighted by molar-refractivity contribution is 6.29. The number of rotatable bonds is 3. The zero-order valence-corrected chi connectivity index (χ0v) is 10.8. The summed E-state index contributed by atoms with van der Waals surface area (Å²) in [7, 11) is 0. The maximum Gasteiger partial charge on any atom is 0.253 e. The molecule has 1 aromatic heterocycles. The lowest BCUT2D eigenvalue weighted by Crippen LogP contribution is -1.99. The van der Waals surface area contributed by atoms with E-state index in [0.29, 0.717) is 16.9 Å². The first-order valence-electron chi connectivity index (χ1n) is 5.43. The normalized spacial score (nSPS) is 11.4. The van der Waals surface area contributed by atoms with E-state index in [4.69, 9.17) is 16.4 Å². The molecule has 0 amide bonds. The molecule has 0 radical (unpaired) electrons. The standard InChI is InChI=1S/C13H12ClN3O/c1-9(11-6-4-3-5-7-11)17-18-13-8-12(14)15-10(2)16-13/h3-8H,1-2H3. The molecule has 0 bridgehead atoms. The molecule has 0 aliphatic rings. The van der Waals surface area contributed by atoms with Crippen LogP contribution in [0.2, 0.25) is 5.15 Å². The Bertz CT molecular complexity index is 549. The van der Waals surface area contributed by atoms with Gasteiger partial charge in [-0.25, -0.2) is 4.98 Å². The third-order valence-electron chi connectivity index (χ3n) is 2.25. The summed E-state index contributed by atoms with van der Waals surface area (Å²) in [6.45, 7) is 3.61. The van der Waals surface area contributed by atoms with Crippen LogP contribution >= 0.6 is 11.6 Å². The SMILES string of the molecule is CC(=NOc1cc(Cl)nc(C)n1)c1ccccc1. The molecular formula is C13H12ClN3O. The van der Waals surface area contributed by atoms with E-state index < -0.39 is 0 Å². The van der Waals surface area contributed by atoms with Gasteiger partial charge in [0.1, 0.15) is 11.0 Å². The lowest BCUT2D eigenvalue weighted by molar-refractivity contribution is 0.326. The minimum atomic E-state index is 0.336. The molecule has 0 aliphatic heterocycles. The zero-order valence-electron chi connectivity index (χ0n) is 10.1. The molecule has 1 heterocycles. The molecule has 0 spiro atoms. The third-order valence-corrected chi connectivity index (χ3v) is 2.44. The van der Waals surface area contributed by atoms with E-state index >= 15 is 0 Å². The van der Waals surface area contributed by atoms with Crippen molar-refractivity contribution >= 4 is 17.3 Å². The Morgan fingerprint density at radius 2 is 1.94 bits per heavy atom. The van der Waals surface area contributed by atoms with Crippen LogP contribution in [0.25, 0.3) is 0 Å². The summed E-state index contributed by atoms with van der Waals surface area (Å²) in [6.07, 6.45) is 0. The number of nitrogens with zero attached hydrogens (tertiary/aromatic N) is 3. The molecule has 0 unspecified atom stereocenters. The van der Waals surface area contributed by atoms with Gasteiger partial charge >= 0.3 is 0 Å². The Hall–Kier alpha value is -1.94. The number of hydrogen-bond acceptors (Lipinski definition) is 4. The molecule has 2 aromatic rings. The Morgan fingerprint density at radius 3 is 2.61 bits per heavy atom. The molecular weight excluding hydrogens is 250 g/mol. The minimum Gasteiger partial charge on any atom is -0.336 e. The van der Waals surface area contributed by atoms with Gasteiger partial charge in [-0.3, -0.25) is 0 Å². The molecule has 18 heavy (non-hydrogen) atoms. The monoisotopic (exact) mass is 261 g/mol. The first-order valence-corrected chi connectivity index (χ1v) is 5.81. The largest absolute Gasteiger partial charge is 0.336 e. The lowest BCUT2D eigenvalue weighted by atomic mass is 10.1. The first kappa shape index (κ1) is 12.5. The highest BCUT2D eigenvalue weighted by atomic mass is 35.5. The molecule has 0 N–H and O–H groups in total. The van der Waals surface area contributed by atoms with Crippen molar-refractivity contribution in [3.8, 4) is 5.88 Å². The van der Waals surface area contributed by atoms with Gasteiger partial charge in [-0.2, -0.15) is 4.98 Å². The Kier molecular flexibility index (Phi) is 3.89. The zero-order chi connectivity index (χ0) is 13.0. The van der Waals surface area contributed by atoms with Crippen LogP contribution in [-0.4, -0.2) is 15.7 Å². The molecule has 5 heteroatoms. The van der Waals surface area contributed by atoms with Crippen LogP contribution < -0.4 is 4.84 Å². The van der Waals surface area contributed by atoms with E-state index in [1.165, 1.54) is 6.07 Å². The van der Waals surface area contributed by atoms with E-state index in [2.05, 4.69) is 15.1 Å². The summed E-state index contributed by atoms with van der Waals surface area (Å²) < 4.78 is 0. The highest BCUT2D eigenvalue weighted by Gasteiger charge is 2.02. The summed E-state index contributed by atoms with van der Waals surface area (Å²) in [5.74, 6) is 0.882. The van der Waals surface area contributed by atoms with Gasteiger partial charge in [-0.1, -0.05) is 47.1 Å². The Balaban J connectivity index is 2.15. The van der Waals surface area contributed by atoms with Crippen molar-refractivity contribution in [2.24, 2.45) is 5.16 Å². The fourth-order valence-electron chi connectivity index (χ4n) is 1.40. The van der Waals surface area contributed by atoms with Gasteiger partial charge in [0.2, 0.25) is 0 Å². The molecule has 0 fully saturated rings. The van der Waals surface area contributed by atoms with E-state index in [0.717, 1.165) is 11.3 Å². The average molecular weight is 262 g/mol. The van der Waals surface area contributed by atoms with E-state index in [-0.39, 0.29) is 0 Å². The Labute approximate surface area is 110 Å². The van der Waals surface area contributed by atoms with Crippen LogP contribution in [0, 0.1) is 6.92 Å². The van der Waals surface area contributed by atoms with Crippen LogP contribution in [0.5, 0.6) is 5.88 Å². The van der Waals surface area contributed by atoms with Gasteiger partial charge in [0, 0.05) is 6.07 Å². The second kappa shape index (κ2) is 5.60. The van der Waals surface area contributed by atoms with Crippen molar-refractivity contribution in [2.75, 3.05) is 0 Å². The van der Waals surface area contributed by atoms with Crippen LogP contribution in [0.15, 0.2) is 41.6 Å². The molecule has 92 valence electrons. The van der Waals surface area contributed by atoms with Crippen molar-refractivity contribution in [3.05, 3.63) is 52.9 Å². The summed E-state index contributed by atoms with van der Waals surface area (Å²) in [6, 6.07) is 11.3. The smallest absolute Gasteiger partial charge is 0.253 e. The second-order valence-corrected chi connectivity index (χ2v) is 4.10. The number of halogens is 1. The number of hydrogen-bond donors (Lipinski definition) is 0. The number of oxime groups is 1. The molecule has 0 saturated carbocycles. The maximum absolute atomic E-state index is 5.80. The molecule has 0 atom stereocenters. The number of aryl methyl sites for hydroxylation is 1. The molecule has 0 aliphatic carbocycles. The van der Waals surface area contributed by atoms with Crippen molar-refractivity contribution in [2.45, 2.75) is 13.8 Å². The summed E-state index contributed by atoms with van der Waals surface area (Å²) in [5.41, 5.74) is 1.76. The molecule has 2 rings (SSSR count). The van der Waals surface area contributed by atoms with Crippen LogP contribution in [0.4, 0.5) is 0 Å². The summed E-state index contributed by atoms with van der Waals surface area (Å²) in [4.78, 5) is 13.3. The predicted molar refractivity (Wildman–Crippen MR) is 71.1 cm³/mol. The van der Waals surface area contributed by atoms with Crippen molar-refractivity contribution < 1.29 is 4.84 Å². The Morgan fingerprint density at radius 1 is 1.22 bits per heavy atom. The van der Waals surface area contributed by atoms with Crippen molar-refractivity contribution in [1.82, 2.24) is 9.97 Å². The fraction of sp³-hybridized carbons (Fsp3) is 0.154. The minimum absolute atomic E-state index is 0.336. The van der Waals surface area contributed by atoms with Gasteiger partial charge in [0.05, 0.1) is 5.71 Å². The van der Waals surface area contributed by atoms with Gasteiger partial charge in [0.15, 0.2) is 0 Å². The van der Waals surface area contributed by atoms with Gasteiger partial charge in [0.25, 0.3) is 5.88 Å². The maximum atomic E-state index is 5.80. The quantitative estimate of drug-likeness (QED) is 0.484. The predicted octanol–water partition coefficient (Wildman–Crippen LogP) is 3.24. The van der Waals surface area contributed by atoms with Gasteiger partial charge < -0.3 is 4.84 Å². The first-order chi connectivity index (χ1) is 8.65. The van der Waals surface area contributed by atoms with E-state index in [1.54, 1.807) is 6.92 Å². The number of benzene rings is 1. The van der Waals surface area contributed by atoms with Gasteiger partial charge in [-0.15, -0.1) is 0 Å². The number of aromatic nitrogens is 2. The highest BCUT2D eigenvalue weighted by Crippen LogP contribution is 2.13. The van der Waals surface area contributed by atoms with E-state index in [9.17, 15) is 0 Å². The van der Waals surface area contributed by atoms with Crippen LogP contribution in [0.3, 0.4) is 0 Å². The molecule has 4 nitrogen and oxygen atoms in total. The van der Waals surface area contributed by atoms with Crippen molar-refractivity contribution in [1.29, 1.82) is 0 Å². The fourth-order valence-corrected chi connectivity index (χ4v) is 1.62. The van der Waals surface area contributed by atoms with Crippen LogP contribution in [-0.2, 0) is 0 Å². The second-order valence-electron chi connectivity index (χ2n) is 3.71. The molecule has 0 saturated heterocycles. The average Bonchev–Trinajstić information content (AvgIpc) is 2.36. The van der Waals surface area contributed by atoms with Crippen molar-refractivity contribution in [3.63, 3.8) is 0 Å².